The Morgan fingerprint density at radius 3 is 3.04 bits per heavy atom. The predicted octanol–water partition coefficient (Wildman–Crippen LogP) is -0.152. The summed E-state index contributed by atoms with van der Waals surface area (Å²) in [5.41, 5.74) is 3.50. The number of fused-ring (bicyclic) bond motifs is 1. The number of H-pyrrole nitrogens is 1. The van der Waals surface area contributed by atoms with E-state index in [4.69, 9.17) is 9.84 Å². The Morgan fingerprint density at radius 2 is 2.22 bits per heavy atom. The molecule has 1 aromatic rings. The first-order valence-electron chi connectivity index (χ1n) is 8.44. The minimum atomic E-state index is -0.865. The Balaban J connectivity index is 1.51. The van der Waals surface area contributed by atoms with Crippen LogP contribution in [0.15, 0.2) is 0 Å². The van der Waals surface area contributed by atoms with Gasteiger partial charge in [0.25, 0.3) is 0 Å². The number of amides is 1. The average Bonchev–Trinajstić information content (AvgIpc) is 2.98. The third-order valence-electron chi connectivity index (χ3n) is 4.81. The summed E-state index contributed by atoms with van der Waals surface area (Å²) in [6, 6.07) is -0.360. The molecule has 23 heavy (non-hydrogen) atoms. The van der Waals surface area contributed by atoms with E-state index in [2.05, 4.69) is 15.5 Å². The number of carbonyl (C=O) groups excluding carboxylic acids is 1. The molecular formula is C16H25N3O4. The number of aromatic amines is 1. The van der Waals surface area contributed by atoms with E-state index in [0.717, 1.165) is 18.5 Å². The molecule has 0 spiro atoms. The summed E-state index contributed by atoms with van der Waals surface area (Å²) in [5.74, 6) is -0.0970. The van der Waals surface area contributed by atoms with E-state index in [1.165, 1.54) is 24.1 Å². The molecule has 3 rings (SSSR count). The summed E-state index contributed by atoms with van der Waals surface area (Å²) in [5, 5.41) is 29.5. The van der Waals surface area contributed by atoms with E-state index in [1.54, 1.807) is 0 Å². The molecule has 128 valence electrons. The van der Waals surface area contributed by atoms with Crippen LogP contribution in [0.2, 0.25) is 0 Å². The third-order valence-corrected chi connectivity index (χ3v) is 4.81. The number of carbonyl (C=O) groups is 1. The van der Waals surface area contributed by atoms with Crippen LogP contribution in [-0.4, -0.2) is 57.8 Å². The van der Waals surface area contributed by atoms with Gasteiger partial charge in [-0.05, 0) is 37.7 Å². The van der Waals surface area contributed by atoms with Gasteiger partial charge in [-0.3, -0.25) is 9.89 Å². The molecule has 3 atom stereocenters. The minimum Gasteiger partial charge on any atom is -0.394 e. The fourth-order valence-corrected chi connectivity index (χ4v) is 3.46. The van der Waals surface area contributed by atoms with Crippen LogP contribution in [0.1, 0.15) is 42.6 Å². The topological polar surface area (TPSA) is 107 Å². The lowest BCUT2D eigenvalue weighted by Crippen LogP contribution is -2.54. The number of rotatable bonds is 5. The monoisotopic (exact) mass is 323 g/mol. The highest BCUT2D eigenvalue weighted by atomic mass is 16.5. The summed E-state index contributed by atoms with van der Waals surface area (Å²) >= 11 is 0. The van der Waals surface area contributed by atoms with Crippen molar-refractivity contribution in [2.75, 3.05) is 13.2 Å². The number of ether oxygens (including phenoxy) is 1. The van der Waals surface area contributed by atoms with Crippen LogP contribution >= 0.6 is 0 Å². The van der Waals surface area contributed by atoms with Crippen molar-refractivity contribution >= 4 is 5.91 Å². The first kappa shape index (κ1) is 16.4. The smallest absolute Gasteiger partial charge is 0.220 e. The number of aliphatic hydroxyl groups excluding tert-OH is 2. The second-order valence-corrected chi connectivity index (χ2v) is 6.38. The number of nitrogens with one attached hydrogen (secondary N) is 2. The van der Waals surface area contributed by atoms with Gasteiger partial charge in [-0.2, -0.15) is 5.10 Å². The number of aryl methyl sites for hydroxylation is 2. The summed E-state index contributed by atoms with van der Waals surface area (Å²) in [6.07, 6.45) is 4.51. The first-order valence-corrected chi connectivity index (χ1v) is 8.44. The highest BCUT2D eigenvalue weighted by molar-refractivity contribution is 5.76. The highest BCUT2D eigenvalue weighted by Crippen LogP contribution is 2.23. The molecule has 7 nitrogen and oxygen atoms in total. The van der Waals surface area contributed by atoms with E-state index >= 15 is 0 Å². The van der Waals surface area contributed by atoms with Crippen LogP contribution in [0.25, 0.3) is 0 Å². The van der Waals surface area contributed by atoms with Crippen molar-refractivity contribution in [3.63, 3.8) is 0 Å². The molecule has 0 bridgehead atoms. The summed E-state index contributed by atoms with van der Waals surface area (Å²) in [4.78, 5) is 12.2. The molecule has 4 N–H and O–H groups in total. The third kappa shape index (κ3) is 3.73. The van der Waals surface area contributed by atoms with Crippen LogP contribution in [0.4, 0.5) is 0 Å². The molecule has 1 aromatic heterocycles. The Hall–Kier alpha value is -1.44. The summed E-state index contributed by atoms with van der Waals surface area (Å²) in [6.45, 7) is 0.188. The van der Waals surface area contributed by atoms with Gasteiger partial charge in [-0.25, -0.2) is 0 Å². The van der Waals surface area contributed by atoms with Gasteiger partial charge >= 0.3 is 0 Å². The molecule has 1 saturated heterocycles. The fourth-order valence-electron chi connectivity index (χ4n) is 3.46. The first-order chi connectivity index (χ1) is 11.2. The van der Waals surface area contributed by atoms with Crippen molar-refractivity contribution in [2.24, 2.45) is 0 Å². The number of nitrogens with zero attached hydrogens (tertiary/aromatic N) is 1. The van der Waals surface area contributed by atoms with Crippen LogP contribution < -0.4 is 5.32 Å². The highest BCUT2D eigenvalue weighted by Gasteiger charge is 2.33. The maximum absolute atomic E-state index is 12.2. The summed E-state index contributed by atoms with van der Waals surface area (Å²) < 4.78 is 5.27. The SMILES string of the molecule is O=C(CCc1n[nH]c2c1CCCC2)N[C@H]1CCO[C@H](CO)[C@H]1O. The molecule has 7 heteroatoms. The van der Waals surface area contributed by atoms with Gasteiger partial charge in [0.05, 0.1) is 18.3 Å². The molecule has 2 aliphatic rings. The quantitative estimate of drug-likeness (QED) is 0.603. The van der Waals surface area contributed by atoms with Crippen LogP contribution in [0.5, 0.6) is 0 Å². The van der Waals surface area contributed by atoms with E-state index in [0.29, 0.717) is 25.9 Å². The van der Waals surface area contributed by atoms with Gasteiger partial charge < -0.3 is 20.3 Å². The van der Waals surface area contributed by atoms with Crippen molar-refractivity contribution < 1.29 is 19.7 Å². The number of aliphatic hydroxyl groups is 2. The lowest BCUT2D eigenvalue weighted by Gasteiger charge is -2.34. The van der Waals surface area contributed by atoms with Gasteiger partial charge in [0.1, 0.15) is 12.2 Å². The molecule has 1 fully saturated rings. The van der Waals surface area contributed by atoms with Gasteiger partial charge in [0, 0.05) is 25.1 Å². The Labute approximate surface area is 135 Å². The molecular weight excluding hydrogens is 298 g/mol. The van der Waals surface area contributed by atoms with Crippen LogP contribution in [-0.2, 0) is 28.8 Å². The van der Waals surface area contributed by atoms with Gasteiger partial charge in [0.15, 0.2) is 0 Å². The summed E-state index contributed by atoms with van der Waals surface area (Å²) in [7, 11) is 0. The van der Waals surface area contributed by atoms with Crippen molar-refractivity contribution in [3.05, 3.63) is 17.0 Å². The maximum atomic E-state index is 12.2. The zero-order valence-corrected chi connectivity index (χ0v) is 13.3. The molecule has 1 aliphatic heterocycles. The Bertz CT molecular complexity index is 545. The second-order valence-electron chi connectivity index (χ2n) is 6.38. The molecule has 0 unspecified atom stereocenters. The van der Waals surface area contributed by atoms with E-state index in [9.17, 15) is 9.90 Å². The number of aromatic nitrogens is 2. The molecule has 0 radical (unpaired) electrons. The largest absolute Gasteiger partial charge is 0.394 e. The van der Waals surface area contributed by atoms with Crippen molar-refractivity contribution in [1.82, 2.24) is 15.5 Å². The van der Waals surface area contributed by atoms with E-state index < -0.39 is 12.2 Å². The molecule has 0 saturated carbocycles. The Kier molecular flexibility index (Phi) is 5.30. The lowest BCUT2D eigenvalue weighted by molar-refractivity contribution is -0.131. The normalized spacial score (nSPS) is 27.5. The molecule has 1 amide bonds. The standard InChI is InChI=1S/C16H25N3O4/c20-9-14-16(22)13(7-8-23-14)17-15(21)6-5-12-10-3-1-2-4-11(10)18-19-12/h13-14,16,20,22H,1-9H2,(H,17,21)(H,18,19)/t13-,14+,16-/m0/s1. The minimum absolute atomic E-state index is 0.0970. The zero-order valence-electron chi connectivity index (χ0n) is 13.3. The number of hydrogen-bond donors (Lipinski definition) is 4. The van der Waals surface area contributed by atoms with E-state index in [1.807, 2.05) is 0 Å². The predicted molar refractivity (Wildman–Crippen MR) is 82.9 cm³/mol. The van der Waals surface area contributed by atoms with Crippen LogP contribution in [0, 0.1) is 0 Å². The van der Waals surface area contributed by atoms with Crippen molar-refractivity contribution in [3.8, 4) is 0 Å². The Morgan fingerprint density at radius 1 is 1.39 bits per heavy atom. The maximum Gasteiger partial charge on any atom is 0.220 e. The average molecular weight is 323 g/mol. The van der Waals surface area contributed by atoms with Crippen molar-refractivity contribution in [2.45, 2.75) is 63.2 Å². The van der Waals surface area contributed by atoms with Crippen molar-refractivity contribution in [1.29, 1.82) is 0 Å². The van der Waals surface area contributed by atoms with Gasteiger partial charge in [-0.15, -0.1) is 0 Å². The fraction of sp³-hybridized carbons (Fsp3) is 0.750. The second kappa shape index (κ2) is 7.42. The molecule has 1 aliphatic carbocycles. The molecule has 2 heterocycles. The molecule has 0 aromatic carbocycles. The van der Waals surface area contributed by atoms with E-state index in [-0.39, 0.29) is 18.6 Å². The van der Waals surface area contributed by atoms with Gasteiger partial charge in [0.2, 0.25) is 5.91 Å². The number of hydrogen-bond acceptors (Lipinski definition) is 5. The van der Waals surface area contributed by atoms with Crippen LogP contribution in [0.3, 0.4) is 0 Å². The van der Waals surface area contributed by atoms with Gasteiger partial charge in [-0.1, -0.05) is 0 Å². The zero-order chi connectivity index (χ0) is 16.2. The lowest BCUT2D eigenvalue weighted by atomic mass is 9.94.